The van der Waals surface area contributed by atoms with E-state index in [1.165, 1.54) is 6.20 Å². The predicted molar refractivity (Wildman–Crippen MR) is 77.1 cm³/mol. The molecule has 104 valence electrons. The summed E-state index contributed by atoms with van der Waals surface area (Å²) in [5, 5.41) is 23.9. The largest absolute Gasteiger partial charge is 0.409 e. The average Bonchev–Trinajstić information content (AvgIpc) is 3.05. The van der Waals surface area contributed by atoms with Crippen LogP contribution in [0.2, 0.25) is 0 Å². The molecule has 3 N–H and O–H groups in total. The molecule has 21 heavy (non-hydrogen) atoms. The molecule has 0 saturated heterocycles. The molecule has 0 spiro atoms. The van der Waals surface area contributed by atoms with Crippen molar-refractivity contribution in [3.05, 3.63) is 60.6 Å². The summed E-state index contributed by atoms with van der Waals surface area (Å²) >= 11 is 0. The van der Waals surface area contributed by atoms with Gasteiger partial charge in [-0.05, 0) is 11.6 Å². The third-order valence-corrected chi connectivity index (χ3v) is 2.99. The second-order valence-corrected chi connectivity index (χ2v) is 4.29. The van der Waals surface area contributed by atoms with Crippen molar-refractivity contribution in [3.8, 4) is 16.9 Å². The molecule has 0 aliphatic carbocycles. The van der Waals surface area contributed by atoms with Gasteiger partial charge in [-0.1, -0.05) is 35.5 Å². The van der Waals surface area contributed by atoms with Gasteiger partial charge in [0, 0.05) is 11.8 Å². The van der Waals surface area contributed by atoms with Gasteiger partial charge in [0.1, 0.15) is 0 Å². The second-order valence-electron chi connectivity index (χ2n) is 4.29. The predicted octanol–water partition coefficient (Wildman–Crippen LogP) is 1.42. The van der Waals surface area contributed by atoms with E-state index in [0.717, 1.165) is 11.1 Å². The van der Waals surface area contributed by atoms with E-state index in [2.05, 4.69) is 20.5 Å². The summed E-state index contributed by atoms with van der Waals surface area (Å²) in [7, 11) is 0. The van der Waals surface area contributed by atoms with Crippen molar-refractivity contribution in [2.75, 3.05) is 0 Å². The summed E-state index contributed by atoms with van der Waals surface area (Å²) in [5.74, 6) is 0.353. The molecule has 2 heterocycles. The zero-order valence-corrected chi connectivity index (χ0v) is 11.0. The SMILES string of the molecule is N/C(=N/O)c1ccnnc1-n1cc(-c2ccccc2)cn1. The lowest BCUT2D eigenvalue weighted by molar-refractivity contribution is 0.318. The molecule has 0 aliphatic heterocycles. The van der Waals surface area contributed by atoms with Crippen molar-refractivity contribution in [1.29, 1.82) is 0 Å². The standard InChI is InChI=1S/C14H12N6O/c15-13(19-21)12-6-7-16-18-14(12)20-9-11(8-17-20)10-4-2-1-3-5-10/h1-9,21H,(H2,15,19). The topological polar surface area (TPSA) is 102 Å². The van der Waals surface area contributed by atoms with Crippen LogP contribution < -0.4 is 5.73 Å². The maximum atomic E-state index is 8.83. The Bertz CT molecular complexity index is 781. The third-order valence-electron chi connectivity index (χ3n) is 2.99. The first kappa shape index (κ1) is 12.8. The Morgan fingerprint density at radius 1 is 1.14 bits per heavy atom. The van der Waals surface area contributed by atoms with Crippen LogP contribution in [0.5, 0.6) is 0 Å². The van der Waals surface area contributed by atoms with Gasteiger partial charge in [0.25, 0.3) is 0 Å². The van der Waals surface area contributed by atoms with Crippen LogP contribution in [0.3, 0.4) is 0 Å². The molecular weight excluding hydrogens is 268 g/mol. The fourth-order valence-corrected chi connectivity index (χ4v) is 1.97. The number of amidine groups is 1. The van der Waals surface area contributed by atoms with Gasteiger partial charge in [0.05, 0.1) is 18.0 Å². The molecule has 0 radical (unpaired) electrons. The molecule has 7 heteroatoms. The number of benzene rings is 1. The molecule has 7 nitrogen and oxygen atoms in total. The third kappa shape index (κ3) is 2.44. The molecular formula is C14H12N6O. The quantitative estimate of drug-likeness (QED) is 0.327. The number of rotatable bonds is 3. The molecule has 3 rings (SSSR count). The molecule has 0 saturated carbocycles. The van der Waals surface area contributed by atoms with E-state index in [1.54, 1.807) is 16.9 Å². The molecule has 0 aliphatic rings. The summed E-state index contributed by atoms with van der Waals surface area (Å²) in [6.07, 6.45) is 5.01. The minimum absolute atomic E-state index is 0.0448. The molecule has 0 bridgehead atoms. The summed E-state index contributed by atoms with van der Waals surface area (Å²) < 4.78 is 1.54. The van der Waals surface area contributed by atoms with Crippen molar-refractivity contribution in [2.24, 2.45) is 10.9 Å². The summed E-state index contributed by atoms with van der Waals surface area (Å²) in [6, 6.07) is 11.5. The molecule has 1 aromatic carbocycles. The van der Waals surface area contributed by atoms with Crippen LogP contribution in [-0.4, -0.2) is 31.0 Å². The Hall–Kier alpha value is -3.22. The van der Waals surface area contributed by atoms with Crippen LogP contribution in [-0.2, 0) is 0 Å². The fourth-order valence-electron chi connectivity index (χ4n) is 1.97. The van der Waals surface area contributed by atoms with Crippen molar-refractivity contribution < 1.29 is 5.21 Å². The lowest BCUT2D eigenvalue weighted by Crippen LogP contribution is -2.18. The van der Waals surface area contributed by atoms with E-state index in [-0.39, 0.29) is 5.84 Å². The van der Waals surface area contributed by atoms with E-state index in [9.17, 15) is 0 Å². The van der Waals surface area contributed by atoms with Crippen LogP contribution in [0.15, 0.2) is 60.1 Å². The first-order valence-corrected chi connectivity index (χ1v) is 6.19. The smallest absolute Gasteiger partial charge is 0.186 e. The number of aromatic nitrogens is 4. The molecule has 0 atom stereocenters. The number of hydrogen-bond donors (Lipinski definition) is 2. The van der Waals surface area contributed by atoms with Crippen molar-refractivity contribution in [1.82, 2.24) is 20.0 Å². The molecule has 2 aromatic heterocycles. The Balaban J connectivity index is 2.05. The van der Waals surface area contributed by atoms with E-state index in [4.69, 9.17) is 10.9 Å². The Kier molecular flexibility index (Phi) is 3.30. The summed E-state index contributed by atoms with van der Waals surface area (Å²) in [4.78, 5) is 0. The fraction of sp³-hybridized carbons (Fsp3) is 0. The molecule has 0 unspecified atom stereocenters. The molecule has 0 amide bonds. The highest BCUT2D eigenvalue weighted by molar-refractivity contribution is 5.99. The average molecular weight is 280 g/mol. The van der Waals surface area contributed by atoms with E-state index in [1.807, 2.05) is 36.5 Å². The monoisotopic (exact) mass is 280 g/mol. The lowest BCUT2D eigenvalue weighted by Gasteiger charge is -2.05. The Labute approximate surface area is 120 Å². The van der Waals surface area contributed by atoms with Crippen LogP contribution in [0.25, 0.3) is 16.9 Å². The number of nitrogens with two attached hydrogens (primary N) is 1. The van der Waals surface area contributed by atoms with Gasteiger partial charge in [-0.3, -0.25) is 0 Å². The van der Waals surface area contributed by atoms with E-state index < -0.39 is 0 Å². The van der Waals surface area contributed by atoms with Gasteiger partial charge in [-0.2, -0.15) is 10.2 Å². The highest BCUT2D eigenvalue weighted by Crippen LogP contribution is 2.19. The zero-order valence-electron chi connectivity index (χ0n) is 11.0. The Morgan fingerprint density at radius 3 is 2.71 bits per heavy atom. The molecule has 0 fully saturated rings. The maximum Gasteiger partial charge on any atom is 0.186 e. The van der Waals surface area contributed by atoms with Crippen LogP contribution >= 0.6 is 0 Å². The normalized spacial score (nSPS) is 11.5. The van der Waals surface area contributed by atoms with Gasteiger partial charge in [-0.25, -0.2) is 4.68 Å². The highest BCUT2D eigenvalue weighted by Gasteiger charge is 2.12. The molecule has 3 aromatic rings. The van der Waals surface area contributed by atoms with Crippen molar-refractivity contribution in [2.45, 2.75) is 0 Å². The first-order chi connectivity index (χ1) is 10.3. The van der Waals surface area contributed by atoms with Crippen LogP contribution in [0, 0.1) is 0 Å². The first-order valence-electron chi connectivity index (χ1n) is 6.19. The zero-order chi connectivity index (χ0) is 14.7. The Morgan fingerprint density at radius 2 is 1.95 bits per heavy atom. The number of hydrogen-bond acceptors (Lipinski definition) is 5. The number of nitrogens with zero attached hydrogens (tertiary/aromatic N) is 5. The summed E-state index contributed by atoms with van der Waals surface area (Å²) in [5.41, 5.74) is 8.07. The highest BCUT2D eigenvalue weighted by atomic mass is 16.4. The van der Waals surface area contributed by atoms with Gasteiger partial charge in [0.15, 0.2) is 11.7 Å². The van der Waals surface area contributed by atoms with Gasteiger partial charge < -0.3 is 10.9 Å². The van der Waals surface area contributed by atoms with Gasteiger partial charge in [0.2, 0.25) is 0 Å². The minimum Gasteiger partial charge on any atom is -0.409 e. The summed E-state index contributed by atoms with van der Waals surface area (Å²) in [6.45, 7) is 0. The van der Waals surface area contributed by atoms with E-state index >= 15 is 0 Å². The van der Waals surface area contributed by atoms with Crippen LogP contribution in [0.1, 0.15) is 5.56 Å². The maximum absolute atomic E-state index is 8.83. The van der Waals surface area contributed by atoms with Crippen molar-refractivity contribution >= 4 is 5.84 Å². The van der Waals surface area contributed by atoms with E-state index in [0.29, 0.717) is 11.4 Å². The van der Waals surface area contributed by atoms with Gasteiger partial charge in [-0.15, -0.1) is 5.10 Å². The second kappa shape index (κ2) is 5.41. The minimum atomic E-state index is -0.0448. The lowest BCUT2D eigenvalue weighted by atomic mass is 10.1. The van der Waals surface area contributed by atoms with Crippen molar-refractivity contribution in [3.63, 3.8) is 0 Å². The number of oxime groups is 1. The van der Waals surface area contributed by atoms with Gasteiger partial charge >= 0.3 is 0 Å². The van der Waals surface area contributed by atoms with Crippen LogP contribution in [0.4, 0.5) is 0 Å².